The summed E-state index contributed by atoms with van der Waals surface area (Å²) in [6.45, 7) is 4.16. The fraction of sp³-hybridized carbons (Fsp3) is 0.476. The maximum atomic E-state index is 13.9. The van der Waals surface area contributed by atoms with Crippen LogP contribution >= 0.6 is 11.8 Å². The van der Waals surface area contributed by atoms with Gasteiger partial charge in [-0.25, -0.2) is 4.39 Å². The number of aliphatic imine (C=N–C) groups is 1. The second-order valence-corrected chi connectivity index (χ2v) is 8.16. The lowest BCUT2D eigenvalue weighted by Gasteiger charge is -2.34. The Morgan fingerprint density at radius 1 is 1.37 bits per heavy atom. The van der Waals surface area contributed by atoms with Crippen LogP contribution in [0.4, 0.5) is 4.39 Å². The Bertz CT molecular complexity index is 802. The van der Waals surface area contributed by atoms with Crippen molar-refractivity contribution in [3.05, 3.63) is 46.9 Å². The van der Waals surface area contributed by atoms with Crippen LogP contribution in [0.15, 0.2) is 40.5 Å². The highest BCUT2D eigenvalue weighted by atomic mass is 32.2. The Balaban J connectivity index is 1.98. The topological polar surface area (TPSA) is 55.7 Å². The van der Waals surface area contributed by atoms with Crippen molar-refractivity contribution < 1.29 is 18.7 Å². The van der Waals surface area contributed by atoms with Crippen LogP contribution in [0.5, 0.6) is 0 Å². The predicted octanol–water partition coefficient (Wildman–Crippen LogP) is 4.30. The molecule has 1 aliphatic carbocycles. The number of hydrogen-bond acceptors (Lipinski definition) is 5. The molecule has 0 radical (unpaired) electrons. The molecule has 0 bridgehead atoms. The first-order chi connectivity index (χ1) is 13.0. The molecule has 1 aliphatic heterocycles. The number of hydrogen-bond donors (Lipinski definition) is 0. The molecule has 1 aromatic rings. The van der Waals surface area contributed by atoms with E-state index in [2.05, 4.69) is 4.99 Å². The van der Waals surface area contributed by atoms with Gasteiger partial charge in [0.25, 0.3) is 0 Å². The average molecular weight is 389 g/mol. The van der Waals surface area contributed by atoms with Gasteiger partial charge in [0.2, 0.25) is 0 Å². The fourth-order valence-electron chi connectivity index (χ4n) is 3.81. The third-order valence-corrected chi connectivity index (χ3v) is 5.84. The standard InChI is InChI=1S/C21H24FNO3S/c1-3-27-11-10-26-21(25)18-13(2)23-16-8-5-9-17(24)20(16)19(18)14-6-4-7-15(22)12-14/h4,6-7,12,18-19H,3,5,8-11H2,1-2H3/t18?,19-/m0/s1. The van der Waals surface area contributed by atoms with E-state index in [1.807, 2.05) is 6.92 Å². The number of ketones is 1. The van der Waals surface area contributed by atoms with Crippen molar-refractivity contribution >= 4 is 29.2 Å². The summed E-state index contributed by atoms with van der Waals surface area (Å²) in [6.07, 6.45) is 1.90. The molecule has 1 heterocycles. The van der Waals surface area contributed by atoms with Crippen LogP contribution in [0.3, 0.4) is 0 Å². The van der Waals surface area contributed by atoms with E-state index in [0.29, 0.717) is 36.3 Å². The minimum absolute atomic E-state index is 0.00102. The number of Topliss-reactive ketones (excluding diaryl/α,β-unsaturated/α-hetero) is 1. The predicted molar refractivity (Wildman–Crippen MR) is 106 cm³/mol. The van der Waals surface area contributed by atoms with Crippen molar-refractivity contribution in [2.45, 2.75) is 39.0 Å². The summed E-state index contributed by atoms with van der Waals surface area (Å²) in [5, 5.41) is 0. The van der Waals surface area contributed by atoms with Gasteiger partial charge in [-0.1, -0.05) is 19.1 Å². The van der Waals surface area contributed by atoms with Crippen molar-refractivity contribution in [2.75, 3.05) is 18.1 Å². The number of halogens is 1. The van der Waals surface area contributed by atoms with Gasteiger partial charge in [-0.2, -0.15) is 11.8 Å². The third kappa shape index (κ3) is 4.32. The van der Waals surface area contributed by atoms with Crippen LogP contribution in [0.1, 0.15) is 44.6 Å². The highest BCUT2D eigenvalue weighted by Crippen LogP contribution is 2.43. The van der Waals surface area contributed by atoms with Gasteiger partial charge in [0, 0.05) is 35.1 Å². The first kappa shape index (κ1) is 19.8. The Morgan fingerprint density at radius 2 is 2.19 bits per heavy atom. The summed E-state index contributed by atoms with van der Waals surface area (Å²) in [5.74, 6) is -0.329. The molecule has 3 rings (SSSR count). The van der Waals surface area contributed by atoms with Gasteiger partial charge in [0.1, 0.15) is 18.3 Å². The number of ether oxygens (including phenoxy) is 1. The zero-order valence-electron chi connectivity index (χ0n) is 15.7. The van der Waals surface area contributed by atoms with Crippen molar-refractivity contribution in [3.8, 4) is 0 Å². The van der Waals surface area contributed by atoms with E-state index in [1.165, 1.54) is 12.1 Å². The quantitative estimate of drug-likeness (QED) is 0.538. The van der Waals surface area contributed by atoms with Crippen molar-refractivity contribution in [3.63, 3.8) is 0 Å². The Kier molecular flexibility index (Phi) is 6.47. The largest absolute Gasteiger partial charge is 0.464 e. The summed E-state index contributed by atoms with van der Waals surface area (Å²) in [4.78, 5) is 30.2. The molecule has 0 spiro atoms. The number of thioether (sulfide) groups is 1. The van der Waals surface area contributed by atoms with E-state index in [0.717, 1.165) is 23.6 Å². The zero-order valence-corrected chi connectivity index (χ0v) is 16.5. The molecule has 0 saturated heterocycles. The van der Waals surface area contributed by atoms with Crippen LogP contribution < -0.4 is 0 Å². The molecular formula is C21H24FNO3S. The van der Waals surface area contributed by atoms with Gasteiger partial charge in [-0.3, -0.25) is 14.6 Å². The van der Waals surface area contributed by atoms with Crippen molar-refractivity contribution in [2.24, 2.45) is 10.9 Å². The van der Waals surface area contributed by atoms with Crippen LogP contribution in [-0.2, 0) is 14.3 Å². The zero-order chi connectivity index (χ0) is 19.4. The molecule has 144 valence electrons. The molecule has 1 aromatic carbocycles. The Labute approximate surface area is 163 Å². The van der Waals surface area contributed by atoms with Crippen LogP contribution in [0, 0.1) is 11.7 Å². The second kappa shape index (κ2) is 8.83. The summed E-state index contributed by atoms with van der Waals surface area (Å²) >= 11 is 1.69. The lowest BCUT2D eigenvalue weighted by atomic mass is 9.72. The number of allylic oxidation sites excluding steroid dienone is 2. The first-order valence-corrected chi connectivity index (χ1v) is 10.5. The van der Waals surface area contributed by atoms with Crippen LogP contribution in [0.2, 0.25) is 0 Å². The smallest absolute Gasteiger partial charge is 0.315 e. The lowest BCUT2D eigenvalue weighted by Crippen LogP contribution is -2.37. The van der Waals surface area contributed by atoms with E-state index >= 15 is 0 Å². The second-order valence-electron chi connectivity index (χ2n) is 6.77. The molecule has 0 aromatic heterocycles. The summed E-state index contributed by atoms with van der Waals surface area (Å²) < 4.78 is 19.4. The summed E-state index contributed by atoms with van der Waals surface area (Å²) in [5.41, 5.74) is 2.55. The molecule has 2 atom stereocenters. The molecule has 1 unspecified atom stereocenters. The Morgan fingerprint density at radius 3 is 2.93 bits per heavy atom. The fourth-order valence-corrected chi connectivity index (χ4v) is 4.30. The highest BCUT2D eigenvalue weighted by molar-refractivity contribution is 7.99. The molecule has 0 saturated carbocycles. The van der Waals surface area contributed by atoms with Crippen molar-refractivity contribution in [1.82, 2.24) is 0 Å². The average Bonchev–Trinajstić information content (AvgIpc) is 2.64. The lowest BCUT2D eigenvalue weighted by molar-refractivity contribution is -0.145. The van der Waals surface area contributed by atoms with Crippen molar-refractivity contribution in [1.29, 1.82) is 0 Å². The maximum Gasteiger partial charge on any atom is 0.315 e. The van der Waals surface area contributed by atoms with E-state index in [1.54, 1.807) is 30.8 Å². The molecule has 0 N–H and O–H groups in total. The molecule has 0 fully saturated rings. The SMILES string of the molecule is CCSCCOC(=O)C1C(C)=NC2=C(C(=O)CCC2)[C@H]1c1cccc(F)c1. The Hall–Kier alpha value is -1.95. The van der Waals surface area contributed by atoms with Gasteiger partial charge in [0.15, 0.2) is 5.78 Å². The molecule has 4 nitrogen and oxygen atoms in total. The molecule has 27 heavy (non-hydrogen) atoms. The first-order valence-electron chi connectivity index (χ1n) is 9.34. The summed E-state index contributed by atoms with van der Waals surface area (Å²) in [7, 11) is 0. The molecule has 0 amide bonds. The number of rotatable bonds is 6. The number of carbonyl (C=O) groups is 2. The van der Waals surface area contributed by atoms with Gasteiger partial charge in [-0.15, -0.1) is 0 Å². The van der Waals surface area contributed by atoms with E-state index in [9.17, 15) is 14.0 Å². The normalized spacial score (nSPS) is 22.3. The summed E-state index contributed by atoms with van der Waals surface area (Å²) in [6, 6.07) is 6.15. The van der Waals surface area contributed by atoms with Gasteiger partial charge in [0.05, 0.1) is 0 Å². The third-order valence-electron chi connectivity index (χ3n) is 4.97. The molecule has 2 aliphatic rings. The van der Waals surface area contributed by atoms with E-state index < -0.39 is 17.8 Å². The van der Waals surface area contributed by atoms with E-state index in [4.69, 9.17) is 4.74 Å². The molecular weight excluding hydrogens is 365 g/mol. The van der Waals surface area contributed by atoms with Gasteiger partial charge in [-0.05, 0) is 43.2 Å². The van der Waals surface area contributed by atoms with Gasteiger partial charge >= 0.3 is 5.97 Å². The minimum Gasteiger partial charge on any atom is -0.464 e. The van der Waals surface area contributed by atoms with E-state index in [-0.39, 0.29) is 11.6 Å². The molecule has 6 heteroatoms. The monoisotopic (exact) mass is 389 g/mol. The number of esters is 1. The maximum absolute atomic E-state index is 13.9. The highest BCUT2D eigenvalue weighted by Gasteiger charge is 2.43. The van der Waals surface area contributed by atoms with Crippen LogP contribution in [-0.4, -0.2) is 35.6 Å². The minimum atomic E-state index is -0.695. The number of nitrogens with zero attached hydrogens (tertiary/aromatic N) is 1. The van der Waals surface area contributed by atoms with Crippen LogP contribution in [0.25, 0.3) is 0 Å². The number of benzene rings is 1. The number of carbonyl (C=O) groups excluding carboxylic acids is 2. The van der Waals surface area contributed by atoms with Gasteiger partial charge < -0.3 is 4.74 Å².